The Kier molecular flexibility index (Phi) is 8.86. The third kappa shape index (κ3) is 6.05. The normalized spacial score (nSPS) is 11.6. The number of aliphatic carboxylic acids is 1. The number of carboxylic acids is 1. The largest absolute Gasteiger partial charge is 0.480 e. The number of thioether (sulfide) groups is 1. The molecule has 0 aliphatic heterocycles. The Morgan fingerprint density at radius 3 is 2.53 bits per heavy atom. The van der Waals surface area contributed by atoms with Crippen LogP contribution in [0, 0.1) is 0 Å². The Morgan fingerprint density at radius 2 is 1.91 bits per heavy atom. The number of carbonyl (C=O) groups is 3. The van der Waals surface area contributed by atoms with E-state index in [0.717, 1.165) is 5.56 Å². The highest BCUT2D eigenvalue weighted by Gasteiger charge is 2.25. The van der Waals surface area contributed by atoms with Gasteiger partial charge in [0.25, 0.3) is 5.91 Å². The van der Waals surface area contributed by atoms with Gasteiger partial charge in [0.15, 0.2) is 0 Å². The maximum absolute atomic E-state index is 13.4. The lowest BCUT2D eigenvalue weighted by atomic mass is 9.92. The van der Waals surface area contributed by atoms with Crippen molar-refractivity contribution in [3.8, 4) is 22.4 Å². The number of amides is 2. The zero-order chi connectivity index (χ0) is 24.5. The molecule has 1 aromatic heterocycles. The molecular weight excluding hydrogens is 452 g/mol. The second kappa shape index (κ2) is 12.0. The van der Waals surface area contributed by atoms with E-state index >= 15 is 0 Å². The van der Waals surface area contributed by atoms with Crippen LogP contribution < -0.4 is 10.6 Å². The average Bonchev–Trinajstić information content (AvgIpc) is 3.36. The number of aromatic amines is 1. The lowest BCUT2D eigenvalue weighted by molar-refractivity contribution is -0.139. The summed E-state index contributed by atoms with van der Waals surface area (Å²) in [6, 6.07) is 11.6. The minimum Gasteiger partial charge on any atom is -0.480 e. The Hall–Kier alpha value is -3.59. The molecule has 0 bridgehead atoms. The van der Waals surface area contributed by atoms with Crippen LogP contribution in [0.5, 0.6) is 0 Å². The van der Waals surface area contributed by atoms with Crippen LogP contribution in [0.15, 0.2) is 55.0 Å². The van der Waals surface area contributed by atoms with Crippen molar-refractivity contribution in [2.45, 2.75) is 32.2 Å². The number of anilines is 1. The van der Waals surface area contributed by atoms with Crippen molar-refractivity contribution < 1.29 is 19.5 Å². The number of benzene rings is 2. The third-order valence-electron chi connectivity index (χ3n) is 5.26. The van der Waals surface area contributed by atoms with E-state index in [1.807, 2.05) is 43.5 Å². The Labute approximate surface area is 202 Å². The summed E-state index contributed by atoms with van der Waals surface area (Å²) in [5, 5.41) is 15.2. The van der Waals surface area contributed by atoms with Crippen molar-refractivity contribution in [1.29, 1.82) is 0 Å². The summed E-state index contributed by atoms with van der Waals surface area (Å²) in [7, 11) is 0. The number of nitrogens with zero attached hydrogens (tertiary/aromatic N) is 1. The number of rotatable bonds is 11. The van der Waals surface area contributed by atoms with Crippen LogP contribution in [-0.2, 0) is 9.59 Å². The summed E-state index contributed by atoms with van der Waals surface area (Å²) < 4.78 is 0. The number of carbonyl (C=O) groups excluding carboxylic acids is 2. The molecule has 2 aromatic carbocycles. The van der Waals surface area contributed by atoms with Crippen molar-refractivity contribution in [1.82, 2.24) is 15.3 Å². The van der Waals surface area contributed by atoms with Gasteiger partial charge in [-0.15, -0.1) is 0 Å². The molecule has 8 nitrogen and oxygen atoms in total. The molecule has 0 unspecified atom stereocenters. The van der Waals surface area contributed by atoms with Crippen molar-refractivity contribution in [2.24, 2.45) is 0 Å². The second-order valence-electron chi connectivity index (χ2n) is 7.69. The van der Waals surface area contributed by atoms with E-state index < -0.39 is 17.9 Å². The van der Waals surface area contributed by atoms with E-state index in [2.05, 4.69) is 20.6 Å². The van der Waals surface area contributed by atoms with Crippen LogP contribution in [-0.4, -0.2) is 50.9 Å². The molecular formula is C25H28N4O4S. The van der Waals surface area contributed by atoms with Crippen LogP contribution in [0.25, 0.3) is 22.4 Å². The molecule has 2 amide bonds. The molecule has 3 aromatic rings. The van der Waals surface area contributed by atoms with E-state index in [9.17, 15) is 19.5 Å². The summed E-state index contributed by atoms with van der Waals surface area (Å²) in [5.74, 6) is -1.19. The first-order valence-corrected chi connectivity index (χ1v) is 12.4. The van der Waals surface area contributed by atoms with Gasteiger partial charge in [-0.25, -0.2) is 9.78 Å². The maximum Gasteiger partial charge on any atom is 0.326 e. The summed E-state index contributed by atoms with van der Waals surface area (Å²) in [6.07, 6.45) is 6.36. The standard InChI is InChI=1S/C25H28N4O4S/c1-3-7-21(30)29-23-17(20-14-26-15-27-20)10-11-18(22(23)16-8-5-4-6-9-16)24(31)28-19(25(32)33)12-13-34-2/h4-6,8-11,14-15,19H,3,7,12-13H2,1-2H3,(H,26,27)(H,28,31)(H,29,30)(H,32,33)/t19-/m0/s1. The minimum absolute atomic E-state index is 0.179. The van der Waals surface area contributed by atoms with Crippen molar-refractivity contribution >= 4 is 35.2 Å². The lowest BCUT2D eigenvalue weighted by Crippen LogP contribution is -2.41. The molecule has 0 radical (unpaired) electrons. The molecule has 3 rings (SSSR count). The highest BCUT2D eigenvalue weighted by atomic mass is 32.2. The minimum atomic E-state index is -1.09. The first-order valence-electron chi connectivity index (χ1n) is 11.0. The fourth-order valence-corrected chi connectivity index (χ4v) is 4.08. The van der Waals surface area contributed by atoms with Crippen LogP contribution in [0.3, 0.4) is 0 Å². The van der Waals surface area contributed by atoms with Crippen LogP contribution in [0.4, 0.5) is 5.69 Å². The van der Waals surface area contributed by atoms with Crippen LogP contribution >= 0.6 is 11.8 Å². The van der Waals surface area contributed by atoms with Gasteiger partial charge in [0, 0.05) is 23.1 Å². The molecule has 9 heteroatoms. The van der Waals surface area contributed by atoms with Gasteiger partial charge in [-0.05, 0) is 42.5 Å². The molecule has 1 heterocycles. The zero-order valence-corrected chi connectivity index (χ0v) is 19.9. The summed E-state index contributed by atoms with van der Waals surface area (Å²) >= 11 is 1.51. The van der Waals surface area contributed by atoms with E-state index in [4.69, 9.17) is 0 Å². The molecule has 0 saturated carbocycles. The number of H-pyrrole nitrogens is 1. The van der Waals surface area contributed by atoms with Gasteiger partial charge in [0.1, 0.15) is 6.04 Å². The van der Waals surface area contributed by atoms with Crippen molar-refractivity contribution in [2.75, 3.05) is 17.3 Å². The average molecular weight is 481 g/mol. The number of imidazole rings is 1. The van der Waals surface area contributed by atoms with Gasteiger partial charge < -0.3 is 20.7 Å². The maximum atomic E-state index is 13.4. The van der Waals surface area contributed by atoms with Crippen molar-refractivity contribution in [3.63, 3.8) is 0 Å². The molecule has 0 fully saturated rings. The van der Waals surface area contributed by atoms with Gasteiger partial charge in [0.05, 0.1) is 23.9 Å². The number of hydrogen-bond acceptors (Lipinski definition) is 5. The molecule has 1 atom stereocenters. The fraction of sp³-hybridized carbons (Fsp3) is 0.280. The van der Waals surface area contributed by atoms with E-state index in [1.54, 1.807) is 24.7 Å². The first kappa shape index (κ1) is 25.0. The molecule has 0 aliphatic carbocycles. The Bertz CT molecular complexity index is 1130. The highest BCUT2D eigenvalue weighted by molar-refractivity contribution is 7.98. The highest BCUT2D eigenvalue weighted by Crippen LogP contribution is 2.39. The van der Waals surface area contributed by atoms with Gasteiger partial charge in [-0.2, -0.15) is 11.8 Å². The SMILES string of the molecule is CCCC(=O)Nc1c(-c2cnc[nH]2)ccc(C(=O)N[C@@H](CCSC)C(=O)O)c1-c1ccccc1. The van der Waals surface area contributed by atoms with Gasteiger partial charge in [-0.3, -0.25) is 9.59 Å². The molecule has 178 valence electrons. The van der Waals surface area contributed by atoms with Crippen LogP contribution in [0.1, 0.15) is 36.5 Å². The fourth-order valence-electron chi connectivity index (χ4n) is 3.61. The monoisotopic (exact) mass is 480 g/mol. The third-order valence-corrected chi connectivity index (χ3v) is 5.90. The summed E-state index contributed by atoms with van der Waals surface area (Å²) in [5.41, 5.74) is 3.34. The summed E-state index contributed by atoms with van der Waals surface area (Å²) in [6.45, 7) is 1.91. The zero-order valence-electron chi connectivity index (χ0n) is 19.1. The number of carboxylic acid groups (broad SMARTS) is 1. The van der Waals surface area contributed by atoms with Gasteiger partial charge in [0.2, 0.25) is 5.91 Å². The molecule has 0 spiro atoms. The second-order valence-corrected chi connectivity index (χ2v) is 8.67. The molecule has 34 heavy (non-hydrogen) atoms. The first-order chi connectivity index (χ1) is 16.5. The Balaban J connectivity index is 2.17. The predicted octanol–water partition coefficient (Wildman–Crippen LogP) is 4.42. The molecule has 0 aliphatic rings. The van der Waals surface area contributed by atoms with E-state index in [1.165, 1.54) is 11.8 Å². The smallest absolute Gasteiger partial charge is 0.326 e. The number of nitrogens with one attached hydrogen (secondary N) is 3. The van der Waals surface area contributed by atoms with Crippen molar-refractivity contribution in [3.05, 3.63) is 60.6 Å². The number of aromatic nitrogens is 2. The molecule has 4 N–H and O–H groups in total. The Morgan fingerprint density at radius 1 is 1.15 bits per heavy atom. The molecule has 0 saturated heterocycles. The van der Waals surface area contributed by atoms with Gasteiger partial charge in [-0.1, -0.05) is 37.3 Å². The number of hydrogen-bond donors (Lipinski definition) is 4. The summed E-state index contributed by atoms with van der Waals surface area (Å²) in [4.78, 5) is 44.9. The van der Waals surface area contributed by atoms with Crippen LogP contribution in [0.2, 0.25) is 0 Å². The quantitative estimate of drug-likeness (QED) is 0.322. The lowest BCUT2D eigenvalue weighted by Gasteiger charge is -2.21. The van der Waals surface area contributed by atoms with E-state index in [-0.39, 0.29) is 11.5 Å². The predicted molar refractivity (Wildman–Crippen MR) is 135 cm³/mol. The van der Waals surface area contributed by atoms with Gasteiger partial charge >= 0.3 is 5.97 Å². The topological polar surface area (TPSA) is 124 Å². The van der Waals surface area contributed by atoms with E-state index in [0.29, 0.717) is 47.5 Å².